The lowest BCUT2D eigenvalue weighted by atomic mass is 9.91. The fraction of sp³-hybridized carbons (Fsp3) is 0.381. The van der Waals surface area contributed by atoms with Crippen molar-refractivity contribution in [3.05, 3.63) is 58.0 Å². The third-order valence-electron chi connectivity index (χ3n) is 5.57. The highest BCUT2D eigenvalue weighted by molar-refractivity contribution is 6.30. The maximum absolute atomic E-state index is 13.0. The highest BCUT2D eigenvalue weighted by Crippen LogP contribution is 2.44. The molecule has 4 atom stereocenters. The van der Waals surface area contributed by atoms with E-state index in [2.05, 4.69) is 16.7 Å². The van der Waals surface area contributed by atoms with Gasteiger partial charge in [-0.3, -0.25) is 9.59 Å². The van der Waals surface area contributed by atoms with E-state index in [1.165, 1.54) is 13.1 Å². The molecule has 1 saturated carbocycles. The molecular formula is C21H20ClN3O4. The van der Waals surface area contributed by atoms with Gasteiger partial charge in [0.1, 0.15) is 5.76 Å². The van der Waals surface area contributed by atoms with Crippen LogP contribution in [0, 0.1) is 23.2 Å². The van der Waals surface area contributed by atoms with E-state index in [9.17, 15) is 14.9 Å². The Labute approximate surface area is 173 Å². The first kappa shape index (κ1) is 19.5. The SMILES string of the molecule is CNC(=O)c1cc(C(=O)NC2[C@H]3COC[C@@H]23)c([C@@H](CC#N)c2cccc(Cl)c2)o1. The Kier molecular flexibility index (Phi) is 5.31. The van der Waals surface area contributed by atoms with Crippen LogP contribution >= 0.6 is 11.6 Å². The minimum Gasteiger partial charge on any atom is -0.454 e. The van der Waals surface area contributed by atoms with Crippen LogP contribution in [0.15, 0.2) is 34.7 Å². The lowest BCUT2D eigenvalue weighted by Gasteiger charge is -2.15. The molecule has 2 amide bonds. The van der Waals surface area contributed by atoms with Gasteiger partial charge in [0.05, 0.1) is 30.8 Å². The number of fused-ring (bicyclic) bond motifs is 1. The Morgan fingerprint density at radius 2 is 2.03 bits per heavy atom. The van der Waals surface area contributed by atoms with Crippen LogP contribution in [-0.4, -0.2) is 38.1 Å². The molecule has 150 valence electrons. The molecule has 0 bridgehead atoms. The molecular weight excluding hydrogens is 394 g/mol. The minimum atomic E-state index is -0.528. The highest BCUT2D eigenvalue weighted by Gasteiger charge is 2.55. The van der Waals surface area contributed by atoms with Crippen LogP contribution < -0.4 is 10.6 Å². The summed E-state index contributed by atoms with van der Waals surface area (Å²) in [5.41, 5.74) is 0.998. The van der Waals surface area contributed by atoms with Crippen LogP contribution in [0.25, 0.3) is 0 Å². The van der Waals surface area contributed by atoms with Gasteiger partial charge in [0, 0.05) is 42.4 Å². The smallest absolute Gasteiger partial charge is 0.286 e. The number of carbonyl (C=O) groups excluding carboxylic acids is 2. The predicted molar refractivity (Wildman–Crippen MR) is 105 cm³/mol. The van der Waals surface area contributed by atoms with Gasteiger partial charge in [0.15, 0.2) is 5.76 Å². The first-order valence-electron chi connectivity index (χ1n) is 9.40. The van der Waals surface area contributed by atoms with E-state index in [-0.39, 0.29) is 35.5 Å². The largest absolute Gasteiger partial charge is 0.454 e. The van der Waals surface area contributed by atoms with E-state index >= 15 is 0 Å². The van der Waals surface area contributed by atoms with Crippen molar-refractivity contribution in [1.82, 2.24) is 10.6 Å². The zero-order valence-corrected chi connectivity index (χ0v) is 16.5. The van der Waals surface area contributed by atoms with Gasteiger partial charge >= 0.3 is 0 Å². The molecule has 4 rings (SSSR count). The molecule has 7 nitrogen and oxygen atoms in total. The minimum absolute atomic E-state index is 0.0249. The zero-order valence-electron chi connectivity index (χ0n) is 15.8. The number of rotatable bonds is 6. The van der Waals surface area contributed by atoms with Crippen molar-refractivity contribution in [2.24, 2.45) is 11.8 Å². The van der Waals surface area contributed by atoms with Crippen LogP contribution in [0.3, 0.4) is 0 Å². The van der Waals surface area contributed by atoms with Gasteiger partial charge in [-0.15, -0.1) is 0 Å². The number of halogens is 1. The van der Waals surface area contributed by atoms with Crippen LogP contribution in [0.2, 0.25) is 5.02 Å². The summed E-state index contributed by atoms with van der Waals surface area (Å²) in [4.78, 5) is 25.2. The molecule has 1 aliphatic heterocycles. The number of benzene rings is 1. The molecule has 2 fully saturated rings. The van der Waals surface area contributed by atoms with Crippen LogP contribution in [0.4, 0.5) is 0 Å². The average Bonchev–Trinajstić information content (AvgIpc) is 3.10. The second kappa shape index (κ2) is 7.90. The molecule has 29 heavy (non-hydrogen) atoms. The maximum Gasteiger partial charge on any atom is 0.286 e. The third-order valence-corrected chi connectivity index (χ3v) is 5.80. The molecule has 2 heterocycles. The van der Waals surface area contributed by atoms with Gasteiger partial charge < -0.3 is 19.8 Å². The molecule has 1 aromatic heterocycles. The molecule has 1 saturated heterocycles. The summed E-state index contributed by atoms with van der Waals surface area (Å²) < 4.78 is 11.2. The topological polar surface area (TPSA) is 104 Å². The van der Waals surface area contributed by atoms with E-state index in [0.29, 0.717) is 30.1 Å². The quantitative estimate of drug-likeness (QED) is 0.757. The van der Waals surface area contributed by atoms with E-state index in [4.69, 9.17) is 20.8 Å². The molecule has 1 aliphatic carbocycles. The van der Waals surface area contributed by atoms with Crippen molar-refractivity contribution in [2.75, 3.05) is 20.3 Å². The number of amides is 2. The highest BCUT2D eigenvalue weighted by atomic mass is 35.5. The molecule has 2 aliphatic rings. The number of nitrogens with one attached hydrogen (secondary N) is 2. The summed E-state index contributed by atoms with van der Waals surface area (Å²) in [5.74, 6) is -0.290. The van der Waals surface area contributed by atoms with Gasteiger partial charge in [-0.1, -0.05) is 23.7 Å². The van der Waals surface area contributed by atoms with E-state index in [1.807, 2.05) is 6.07 Å². The first-order valence-corrected chi connectivity index (χ1v) is 9.78. The van der Waals surface area contributed by atoms with E-state index in [0.717, 1.165) is 5.56 Å². The van der Waals surface area contributed by atoms with Crippen molar-refractivity contribution >= 4 is 23.4 Å². The Balaban J connectivity index is 1.69. The number of furan rings is 1. The van der Waals surface area contributed by atoms with Crippen molar-refractivity contribution in [1.29, 1.82) is 5.26 Å². The monoisotopic (exact) mass is 413 g/mol. The van der Waals surface area contributed by atoms with Gasteiger partial charge in [-0.05, 0) is 17.7 Å². The predicted octanol–water partition coefficient (Wildman–Crippen LogP) is 2.71. The third kappa shape index (κ3) is 3.74. The molecule has 2 N–H and O–H groups in total. The summed E-state index contributed by atoms with van der Waals surface area (Å²) in [6.45, 7) is 1.30. The summed E-state index contributed by atoms with van der Waals surface area (Å²) in [7, 11) is 1.49. The van der Waals surface area contributed by atoms with Gasteiger partial charge in [-0.25, -0.2) is 0 Å². The summed E-state index contributed by atoms with van der Waals surface area (Å²) in [6.07, 6.45) is 0.0733. The summed E-state index contributed by atoms with van der Waals surface area (Å²) in [6, 6.07) is 10.7. The lowest BCUT2D eigenvalue weighted by Crippen LogP contribution is -2.30. The normalized spacial score (nSPS) is 23.0. The van der Waals surface area contributed by atoms with E-state index in [1.54, 1.807) is 18.2 Å². The zero-order chi connectivity index (χ0) is 20.5. The first-order chi connectivity index (χ1) is 14.0. The van der Waals surface area contributed by atoms with Gasteiger partial charge in [0.2, 0.25) is 0 Å². The average molecular weight is 414 g/mol. The van der Waals surface area contributed by atoms with Crippen molar-refractivity contribution in [3.8, 4) is 6.07 Å². The number of hydrogen-bond donors (Lipinski definition) is 2. The maximum atomic E-state index is 13.0. The van der Waals surface area contributed by atoms with Gasteiger partial charge in [-0.2, -0.15) is 5.26 Å². The molecule has 2 aromatic rings. The Bertz CT molecular complexity index is 986. The number of hydrogen-bond acceptors (Lipinski definition) is 5. The number of carbonyl (C=O) groups is 2. The van der Waals surface area contributed by atoms with Crippen molar-refractivity contribution in [3.63, 3.8) is 0 Å². The Morgan fingerprint density at radius 1 is 1.28 bits per heavy atom. The van der Waals surface area contributed by atoms with Crippen LogP contribution in [0.5, 0.6) is 0 Å². The molecule has 1 aromatic carbocycles. The van der Waals surface area contributed by atoms with Crippen molar-refractivity contribution in [2.45, 2.75) is 18.4 Å². The summed E-state index contributed by atoms with van der Waals surface area (Å²) in [5, 5.41) is 15.4. The van der Waals surface area contributed by atoms with Crippen molar-refractivity contribution < 1.29 is 18.7 Å². The number of nitriles is 1. The second-order valence-electron chi connectivity index (χ2n) is 7.30. The number of nitrogens with zero attached hydrogens (tertiary/aromatic N) is 1. The number of ether oxygens (including phenoxy) is 1. The van der Waals surface area contributed by atoms with E-state index < -0.39 is 11.8 Å². The molecule has 0 radical (unpaired) electrons. The lowest BCUT2D eigenvalue weighted by molar-refractivity contribution is 0.0919. The van der Waals surface area contributed by atoms with Crippen LogP contribution in [-0.2, 0) is 4.74 Å². The van der Waals surface area contributed by atoms with Gasteiger partial charge in [0.25, 0.3) is 11.8 Å². The molecule has 0 spiro atoms. The fourth-order valence-corrected chi connectivity index (χ4v) is 4.13. The molecule has 1 unspecified atom stereocenters. The second-order valence-corrected chi connectivity index (χ2v) is 7.74. The fourth-order valence-electron chi connectivity index (χ4n) is 3.94. The summed E-state index contributed by atoms with van der Waals surface area (Å²) >= 11 is 6.12. The Morgan fingerprint density at radius 3 is 2.69 bits per heavy atom. The molecule has 8 heteroatoms. The van der Waals surface area contributed by atoms with Crippen LogP contribution in [0.1, 0.15) is 44.6 Å². The Hall–Kier alpha value is -2.82. The standard InChI is InChI=1S/C21H20ClN3O4/c1-24-21(27)17-8-14(20(26)25-18-15-9-28-10-16(15)18)19(29-17)13(5-6-23)11-3-2-4-12(22)7-11/h2-4,7-8,13,15-16,18H,5,9-10H2,1H3,(H,24,27)(H,25,26)/t13-,15-,16+,18?/m0/s1.